The van der Waals surface area contributed by atoms with Crippen LogP contribution in [0.25, 0.3) is 0 Å². The lowest BCUT2D eigenvalue weighted by atomic mass is 10.4. The number of alkyl carbamates (subject to hydrolysis) is 1. The number of aryl methyl sites for hydroxylation is 2. The van der Waals surface area contributed by atoms with E-state index >= 15 is 0 Å². The second-order valence-electron chi connectivity index (χ2n) is 3.07. The van der Waals surface area contributed by atoms with Crippen molar-refractivity contribution in [3.63, 3.8) is 0 Å². The van der Waals surface area contributed by atoms with Gasteiger partial charge in [-0.25, -0.2) is 13.9 Å². The number of carbonyl (C=O) groups excluding carboxylic acids is 1. The highest BCUT2D eigenvalue weighted by Crippen LogP contribution is 1.93. The van der Waals surface area contributed by atoms with E-state index < -0.39 is 0 Å². The van der Waals surface area contributed by atoms with Gasteiger partial charge in [-0.05, 0) is 0 Å². The van der Waals surface area contributed by atoms with Crippen LogP contribution in [0.5, 0.6) is 0 Å². The summed E-state index contributed by atoms with van der Waals surface area (Å²) < 4.78 is 8.91. The number of carbonyl (C=O) groups is 1. The van der Waals surface area contributed by atoms with Crippen molar-refractivity contribution in [3.05, 3.63) is 18.2 Å². The molecule has 0 unspecified atom stereocenters. The van der Waals surface area contributed by atoms with Crippen LogP contribution >= 0.6 is 0 Å². The predicted octanol–water partition coefficient (Wildman–Crippen LogP) is -3.25. The van der Waals surface area contributed by atoms with Gasteiger partial charge in [-0.2, -0.15) is 0 Å². The first-order chi connectivity index (χ1) is 6.65. The number of imidazole rings is 1. The molecule has 0 aliphatic carbocycles. The van der Waals surface area contributed by atoms with Gasteiger partial charge in [0.25, 0.3) is 5.82 Å². The van der Waals surface area contributed by atoms with E-state index in [2.05, 4.69) is 5.32 Å². The number of hydrogen-bond donors (Lipinski definition) is 1. The van der Waals surface area contributed by atoms with Gasteiger partial charge in [0.05, 0.1) is 20.5 Å². The van der Waals surface area contributed by atoms with Gasteiger partial charge in [-0.1, -0.05) is 0 Å². The molecule has 15 heavy (non-hydrogen) atoms. The van der Waals surface area contributed by atoms with E-state index in [1.54, 1.807) is 7.05 Å². The summed E-state index contributed by atoms with van der Waals surface area (Å²) >= 11 is 0. The van der Waals surface area contributed by atoms with Crippen molar-refractivity contribution in [3.8, 4) is 0 Å². The van der Waals surface area contributed by atoms with E-state index in [9.17, 15) is 4.79 Å². The van der Waals surface area contributed by atoms with Crippen LogP contribution in [0.15, 0.2) is 12.4 Å². The molecule has 5 nitrogen and oxygen atoms in total. The molecule has 0 bridgehead atoms. The molecule has 1 heterocycles. The second-order valence-corrected chi connectivity index (χ2v) is 3.07. The largest absolute Gasteiger partial charge is 1.00 e. The summed E-state index contributed by atoms with van der Waals surface area (Å²) in [5.74, 6) is 1.12. The van der Waals surface area contributed by atoms with Crippen LogP contribution in [-0.4, -0.2) is 24.3 Å². The molecule has 0 aromatic carbocycles. The summed E-state index contributed by atoms with van der Waals surface area (Å²) in [5.41, 5.74) is 0. The quantitative estimate of drug-likeness (QED) is 0.469. The van der Waals surface area contributed by atoms with Gasteiger partial charge >= 0.3 is 6.09 Å². The molecule has 1 aromatic rings. The fourth-order valence-corrected chi connectivity index (χ4v) is 1.28. The normalized spacial score (nSPS) is 9.27. The summed E-state index contributed by atoms with van der Waals surface area (Å²) in [6, 6.07) is 0. The van der Waals surface area contributed by atoms with E-state index in [1.807, 2.05) is 35.6 Å². The number of nitrogens with one attached hydrogen (secondary N) is 1. The molecule has 0 atom stereocenters. The maximum absolute atomic E-state index is 10.8. The molecule has 0 aliphatic heterocycles. The smallest absolute Gasteiger partial charge is 0.406 e. The Balaban J connectivity index is 0.00000196. The Bertz CT molecular complexity index is 306. The number of nitrogens with zero attached hydrogens (tertiary/aromatic N) is 2. The maximum atomic E-state index is 10.8. The monoisotopic (exact) mass is 325 g/mol. The zero-order valence-corrected chi connectivity index (χ0v) is 11.3. The fraction of sp³-hybridized carbons (Fsp3) is 0.556. The van der Waals surface area contributed by atoms with Crippen LogP contribution in [0.3, 0.4) is 0 Å². The number of hydrogen-bond acceptors (Lipinski definition) is 2. The third-order valence-electron chi connectivity index (χ3n) is 2.09. The number of rotatable bonds is 3. The van der Waals surface area contributed by atoms with Crippen molar-refractivity contribution in [2.75, 3.05) is 13.7 Å². The Morgan fingerprint density at radius 3 is 2.80 bits per heavy atom. The topological polar surface area (TPSA) is 47.1 Å². The van der Waals surface area contributed by atoms with E-state index in [4.69, 9.17) is 4.74 Å². The highest BCUT2D eigenvalue weighted by molar-refractivity contribution is 5.66. The summed E-state index contributed by atoms with van der Waals surface area (Å²) in [7, 11) is 5.48. The van der Waals surface area contributed by atoms with Crippen molar-refractivity contribution >= 4 is 6.09 Å². The second kappa shape index (κ2) is 6.65. The average Bonchev–Trinajstić information content (AvgIpc) is 2.48. The predicted molar refractivity (Wildman–Crippen MR) is 50.7 cm³/mol. The molecule has 0 aliphatic rings. The standard InChI is InChI=1S/C9H15N3O2.HI/c1-10-9(13)14-7-4-8-11(2)5-6-12(8)3;/h5-6H,4,7H2,1-3H3;1H. The van der Waals surface area contributed by atoms with Crippen LogP contribution in [0, 0.1) is 0 Å². The Morgan fingerprint density at radius 2 is 2.33 bits per heavy atom. The van der Waals surface area contributed by atoms with E-state index in [-0.39, 0.29) is 30.1 Å². The van der Waals surface area contributed by atoms with Crippen molar-refractivity contribution in [1.29, 1.82) is 0 Å². The van der Waals surface area contributed by atoms with Crippen LogP contribution < -0.4 is 33.9 Å². The zero-order chi connectivity index (χ0) is 10.6. The van der Waals surface area contributed by atoms with E-state index in [0.717, 1.165) is 5.82 Å². The lowest BCUT2D eigenvalue weighted by Crippen LogP contribution is -3.00. The molecule has 0 fully saturated rings. The lowest BCUT2D eigenvalue weighted by Gasteiger charge is -2.02. The maximum Gasteiger partial charge on any atom is 0.406 e. The number of aromatic nitrogens is 2. The Labute approximate surface area is 106 Å². The number of ether oxygens (including phenoxy) is 1. The molecule has 0 spiro atoms. The molecule has 0 saturated heterocycles. The van der Waals surface area contributed by atoms with Crippen molar-refractivity contribution in [2.45, 2.75) is 6.42 Å². The zero-order valence-electron chi connectivity index (χ0n) is 9.16. The van der Waals surface area contributed by atoms with Gasteiger partial charge in [-0.3, -0.25) is 0 Å². The number of amides is 1. The molecule has 0 saturated carbocycles. The summed E-state index contributed by atoms with van der Waals surface area (Å²) in [4.78, 5) is 10.8. The molecular weight excluding hydrogens is 309 g/mol. The van der Waals surface area contributed by atoms with Gasteiger partial charge in [0.2, 0.25) is 0 Å². The Hall–Kier alpha value is -0.790. The van der Waals surface area contributed by atoms with Gasteiger partial charge in [0.1, 0.15) is 19.0 Å². The van der Waals surface area contributed by atoms with Crippen LogP contribution in [0.2, 0.25) is 0 Å². The molecule has 86 valence electrons. The first-order valence-corrected chi connectivity index (χ1v) is 4.49. The first kappa shape index (κ1) is 14.2. The molecule has 1 N–H and O–H groups in total. The third kappa shape index (κ3) is 4.06. The van der Waals surface area contributed by atoms with Crippen LogP contribution in [-0.2, 0) is 25.3 Å². The minimum Gasteiger partial charge on any atom is -1.00 e. The molecule has 1 amide bonds. The Morgan fingerprint density at radius 1 is 1.67 bits per heavy atom. The third-order valence-corrected chi connectivity index (χ3v) is 2.09. The molecule has 1 aromatic heterocycles. The van der Waals surface area contributed by atoms with Crippen LogP contribution in [0.1, 0.15) is 5.82 Å². The molecular formula is C9H16IN3O2. The van der Waals surface area contributed by atoms with Crippen molar-refractivity contribution in [1.82, 2.24) is 9.88 Å². The van der Waals surface area contributed by atoms with Gasteiger partial charge in [0.15, 0.2) is 0 Å². The van der Waals surface area contributed by atoms with Gasteiger partial charge in [0, 0.05) is 7.05 Å². The molecule has 6 heteroatoms. The summed E-state index contributed by atoms with van der Waals surface area (Å²) in [6.07, 6.45) is 4.26. The lowest BCUT2D eigenvalue weighted by molar-refractivity contribution is -0.678. The first-order valence-electron chi connectivity index (χ1n) is 4.49. The van der Waals surface area contributed by atoms with Gasteiger partial charge in [-0.15, -0.1) is 0 Å². The summed E-state index contributed by atoms with van der Waals surface area (Å²) in [5, 5.41) is 2.40. The minimum absolute atomic E-state index is 0. The highest BCUT2D eigenvalue weighted by atomic mass is 127. The average molecular weight is 325 g/mol. The van der Waals surface area contributed by atoms with Crippen molar-refractivity contribution < 1.29 is 38.1 Å². The molecule has 1 rings (SSSR count). The number of halogens is 1. The van der Waals surface area contributed by atoms with E-state index in [0.29, 0.717) is 13.0 Å². The van der Waals surface area contributed by atoms with Crippen LogP contribution in [0.4, 0.5) is 4.79 Å². The minimum atomic E-state index is -0.387. The van der Waals surface area contributed by atoms with Crippen molar-refractivity contribution in [2.24, 2.45) is 14.1 Å². The summed E-state index contributed by atoms with van der Waals surface area (Å²) in [6.45, 7) is 0.394. The highest BCUT2D eigenvalue weighted by Gasteiger charge is 2.11. The fourth-order valence-electron chi connectivity index (χ4n) is 1.28. The molecule has 0 radical (unpaired) electrons. The van der Waals surface area contributed by atoms with E-state index in [1.165, 1.54) is 0 Å². The SMILES string of the molecule is CNC(=O)OCCc1n(C)cc[n+]1C.[I-]. The Kier molecular flexibility index (Phi) is 6.30. The van der Waals surface area contributed by atoms with Gasteiger partial charge < -0.3 is 34.0 Å².